The third-order valence-corrected chi connectivity index (χ3v) is 11.2. The summed E-state index contributed by atoms with van der Waals surface area (Å²) < 4.78 is 20.4. The summed E-state index contributed by atoms with van der Waals surface area (Å²) >= 11 is 0. The number of allylic oxidation sites excluding steroid dienone is 1. The molecule has 1 atom stereocenters. The number of aryl methyl sites for hydroxylation is 6. The number of benzene rings is 2. The second-order valence-electron chi connectivity index (χ2n) is 16.5. The summed E-state index contributed by atoms with van der Waals surface area (Å²) in [6, 6.07) is 10.7. The number of carbonyl (C=O) groups is 3. The lowest BCUT2D eigenvalue weighted by Crippen LogP contribution is -2.39. The summed E-state index contributed by atoms with van der Waals surface area (Å²) in [7, 11) is 1.55. The van der Waals surface area contributed by atoms with Crippen molar-refractivity contribution in [1.82, 2.24) is 54.8 Å². The first-order valence-electron chi connectivity index (χ1n) is 22.5. The maximum atomic E-state index is 14.0. The maximum absolute atomic E-state index is 14.0. The number of carbonyl (C=O) groups excluding carboxylic acids is 3. The van der Waals surface area contributed by atoms with Crippen molar-refractivity contribution < 1.29 is 23.9 Å². The van der Waals surface area contributed by atoms with Crippen LogP contribution in [0.3, 0.4) is 0 Å². The monoisotopic (exact) mass is 912 g/mol. The second-order valence-corrected chi connectivity index (χ2v) is 16.5. The smallest absolute Gasteiger partial charge is 0.276 e. The summed E-state index contributed by atoms with van der Waals surface area (Å²) in [5.41, 5.74) is 7.32. The normalized spacial score (nSPS) is 14.5. The van der Waals surface area contributed by atoms with Gasteiger partial charge < -0.3 is 34.9 Å². The molecular weight excluding hydrogens is 853 g/mol. The molecule has 0 aliphatic carbocycles. The van der Waals surface area contributed by atoms with E-state index in [1.54, 1.807) is 40.7 Å². The zero-order valence-corrected chi connectivity index (χ0v) is 39.3. The fourth-order valence-electron chi connectivity index (χ4n) is 7.87. The highest BCUT2D eigenvalue weighted by Gasteiger charge is 2.25. The summed E-state index contributed by atoms with van der Waals surface area (Å²) in [6.07, 6.45) is 8.57. The first-order chi connectivity index (χ1) is 32.3. The SMILES string of the molecule is C=Nc1cc(C(=O)NC)cc2c1N(CNC(=O)c1cc(C)nn1CC)C/C=C/Cn1c(NC(=O)c3cc(C)nn3CC)nc3cc(C(=C)NCCCn4cc(C)cn4)cc(c31)OCC(C)CO2. The number of imidazole rings is 1. The van der Waals surface area contributed by atoms with E-state index in [-0.39, 0.29) is 56.6 Å². The van der Waals surface area contributed by atoms with Gasteiger partial charge in [0.25, 0.3) is 17.7 Å². The van der Waals surface area contributed by atoms with Crippen LogP contribution >= 0.6 is 0 Å². The highest BCUT2D eigenvalue weighted by molar-refractivity contribution is 6.03. The molecule has 0 fully saturated rings. The minimum atomic E-state index is -0.362. The molecule has 0 spiro atoms. The van der Waals surface area contributed by atoms with Gasteiger partial charge in [-0.3, -0.25) is 38.7 Å². The lowest BCUT2D eigenvalue weighted by molar-refractivity contribution is 0.0940. The molecule has 19 heteroatoms. The third-order valence-electron chi connectivity index (χ3n) is 11.2. The fourth-order valence-corrected chi connectivity index (χ4v) is 7.87. The molecule has 0 bridgehead atoms. The molecule has 352 valence electrons. The first kappa shape index (κ1) is 47.3. The van der Waals surface area contributed by atoms with E-state index in [0.717, 1.165) is 35.5 Å². The minimum Gasteiger partial charge on any atom is -0.491 e. The van der Waals surface area contributed by atoms with Gasteiger partial charge in [0.1, 0.15) is 34.1 Å². The van der Waals surface area contributed by atoms with Crippen LogP contribution in [0.25, 0.3) is 16.7 Å². The van der Waals surface area contributed by atoms with Crippen LogP contribution < -0.4 is 35.6 Å². The van der Waals surface area contributed by atoms with Crippen molar-refractivity contribution >= 4 is 58.5 Å². The lowest BCUT2D eigenvalue weighted by atomic mass is 10.1. The molecule has 4 N–H and O–H groups in total. The highest BCUT2D eigenvalue weighted by Crippen LogP contribution is 2.40. The van der Waals surface area contributed by atoms with Crippen molar-refractivity contribution in [2.24, 2.45) is 10.9 Å². The van der Waals surface area contributed by atoms with Crippen molar-refractivity contribution in [3.8, 4) is 11.5 Å². The molecule has 6 aromatic rings. The van der Waals surface area contributed by atoms with Crippen molar-refractivity contribution in [2.75, 3.05) is 50.2 Å². The van der Waals surface area contributed by atoms with Crippen LogP contribution in [0.2, 0.25) is 0 Å². The Balaban J connectivity index is 1.27. The number of aliphatic imine (C=N–C) groups is 1. The topological polar surface area (TPSA) is 205 Å². The number of aromatic nitrogens is 8. The van der Waals surface area contributed by atoms with E-state index in [1.807, 2.05) is 92.4 Å². The molecule has 7 rings (SSSR count). The molecule has 0 saturated carbocycles. The Morgan fingerprint density at radius 3 is 2.18 bits per heavy atom. The van der Waals surface area contributed by atoms with Crippen LogP contribution in [0.1, 0.15) is 81.0 Å². The fraction of sp³-hybridized carbons (Fsp3) is 0.375. The summed E-state index contributed by atoms with van der Waals surface area (Å²) in [6.45, 7) is 23.2. The lowest BCUT2D eigenvalue weighted by Gasteiger charge is -2.28. The van der Waals surface area contributed by atoms with Gasteiger partial charge >= 0.3 is 0 Å². The molecule has 3 amide bonds. The van der Waals surface area contributed by atoms with E-state index in [2.05, 4.69) is 54.9 Å². The molecule has 19 nitrogen and oxygen atoms in total. The van der Waals surface area contributed by atoms with Crippen molar-refractivity contribution in [3.63, 3.8) is 0 Å². The Labute approximate surface area is 389 Å². The molecule has 2 aromatic carbocycles. The number of hydrogen-bond donors (Lipinski definition) is 4. The van der Waals surface area contributed by atoms with Crippen molar-refractivity contribution in [2.45, 2.75) is 74.1 Å². The molecule has 1 aliphatic heterocycles. The number of hydrogen-bond acceptors (Lipinski definition) is 12. The van der Waals surface area contributed by atoms with E-state index >= 15 is 0 Å². The number of nitrogens with one attached hydrogen (secondary N) is 4. The number of rotatable bonds is 15. The van der Waals surface area contributed by atoms with E-state index in [0.29, 0.717) is 82.1 Å². The van der Waals surface area contributed by atoms with E-state index in [1.165, 1.54) is 0 Å². The zero-order valence-electron chi connectivity index (χ0n) is 39.3. The van der Waals surface area contributed by atoms with Crippen LogP contribution in [-0.2, 0) is 26.2 Å². The first-order valence-corrected chi connectivity index (χ1v) is 22.5. The van der Waals surface area contributed by atoms with Crippen LogP contribution in [0.4, 0.5) is 17.3 Å². The minimum absolute atomic E-state index is 0.0293. The summed E-state index contributed by atoms with van der Waals surface area (Å²) in [5, 5.41) is 25.6. The third kappa shape index (κ3) is 10.9. The van der Waals surface area contributed by atoms with Crippen molar-refractivity contribution in [3.05, 3.63) is 107 Å². The van der Waals surface area contributed by atoms with Gasteiger partial charge in [0.2, 0.25) is 5.95 Å². The van der Waals surface area contributed by atoms with Crippen molar-refractivity contribution in [1.29, 1.82) is 0 Å². The quantitative estimate of drug-likeness (QED) is 0.0531. The maximum Gasteiger partial charge on any atom is 0.276 e. The largest absolute Gasteiger partial charge is 0.491 e. The van der Waals surface area contributed by atoms with Gasteiger partial charge in [-0.1, -0.05) is 25.7 Å². The number of ether oxygens (including phenoxy) is 2. The number of anilines is 2. The number of nitrogens with zero attached hydrogens (tertiary/aromatic N) is 10. The van der Waals surface area contributed by atoms with Gasteiger partial charge in [0.15, 0.2) is 0 Å². The Bertz CT molecular complexity index is 2830. The van der Waals surface area contributed by atoms with Gasteiger partial charge in [0.05, 0.1) is 48.7 Å². The average molecular weight is 913 g/mol. The van der Waals surface area contributed by atoms with Gasteiger partial charge in [-0.2, -0.15) is 15.3 Å². The summed E-state index contributed by atoms with van der Waals surface area (Å²) in [5.74, 6) is 0.0188. The van der Waals surface area contributed by atoms with Crippen LogP contribution in [-0.4, -0.2) is 103 Å². The molecule has 0 saturated heterocycles. The number of fused-ring (bicyclic) bond motifs is 1. The molecule has 1 unspecified atom stereocenters. The van der Waals surface area contributed by atoms with Crippen LogP contribution in [0, 0.1) is 26.7 Å². The van der Waals surface area contributed by atoms with Gasteiger partial charge in [-0.15, -0.1) is 0 Å². The Kier molecular flexibility index (Phi) is 14.9. The molecule has 0 radical (unpaired) electrons. The predicted octanol–water partition coefficient (Wildman–Crippen LogP) is 6.04. The average Bonchev–Trinajstić information content (AvgIpc) is 4.11. The summed E-state index contributed by atoms with van der Waals surface area (Å²) in [4.78, 5) is 52.0. The van der Waals surface area contributed by atoms with Gasteiger partial charge in [-0.05, 0) is 89.7 Å². The van der Waals surface area contributed by atoms with Crippen LogP contribution in [0.15, 0.2) is 72.5 Å². The van der Waals surface area contributed by atoms with E-state index in [9.17, 15) is 14.4 Å². The molecule has 1 aliphatic rings. The van der Waals surface area contributed by atoms with Crippen LogP contribution in [0.5, 0.6) is 11.5 Å². The molecule has 4 aromatic heterocycles. The Hall–Kier alpha value is -7.70. The van der Waals surface area contributed by atoms with E-state index < -0.39 is 0 Å². The van der Waals surface area contributed by atoms with Gasteiger partial charge in [-0.25, -0.2) is 4.98 Å². The predicted molar refractivity (Wildman–Crippen MR) is 260 cm³/mol. The van der Waals surface area contributed by atoms with Gasteiger partial charge in [0, 0.05) is 75.3 Å². The Morgan fingerprint density at radius 1 is 0.851 bits per heavy atom. The van der Waals surface area contributed by atoms with E-state index in [4.69, 9.17) is 14.5 Å². The highest BCUT2D eigenvalue weighted by atomic mass is 16.5. The second kappa shape index (κ2) is 21.1. The molecule has 67 heavy (non-hydrogen) atoms. The standard InChI is InChI=1S/C48H60N14O5/c1-10-61-39(19-32(5)56-61)46(64)52-29-58-16-12-13-18-60-44-38(54-48(60)55-47(65)40-20-33(6)57-62(40)11-2)21-35(34(7)51-15-14-17-59-26-30(3)25-53-59)23-42(44)67-28-31(4)27-66-41-24-36(45(63)50-9)22-37(49-8)43(41)58/h12-13,19-26,31,51H,7-8,10-11,14-18,27-29H2,1-6,9H3,(H,50,63)(H,52,64)(H,54,55,65)/b13-12+. The number of amides is 3. The Morgan fingerprint density at radius 2 is 1.52 bits per heavy atom. The zero-order chi connectivity index (χ0) is 47.8. The molecular formula is C48H60N14O5. The molecule has 5 heterocycles.